The van der Waals surface area contributed by atoms with E-state index in [2.05, 4.69) is 7.05 Å². The lowest BCUT2D eigenvalue weighted by atomic mass is 9.47. The van der Waals surface area contributed by atoms with Gasteiger partial charge in [0, 0.05) is 18.8 Å². The van der Waals surface area contributed by atoms with Crippen LogP contribution in [-0.4, -0.2) is 64.1 Å². The molecule has 6 heteroatoms. The topological polar surface area (TPSA) is 97.7 Å². The third-order valence-electron chi connectivity index (χ3n) is 7.78. The van der Waals surface area contributed by atoms with Crippen LogP contribution in [0.2, 0.25) is 0 Å². The van der Waals surface area contributed by atoms with Gasteiger partial charge in [0.25, 0.3) is 0 Å². The third kappa shape index (κ3) is 2.01. The second-order valence-electron chi connectivity index (χ2n) is 9.31. The van der Waals surface area contributed by atoms with Crippen LogP contribution in [0.1, 0.15) is 32.1 Å². The zero-order valence-electron chi connectivity index (χ0n) is 15.5. The number of aliphatic hydroxyl groups excluding tert-OH is 1. The van der Waals surface area contributed by atoms with E-state index in [1.165, 1.54) is 18.9 Å². The molecule has 5 atom stereocenters. The zero-order chi connectivity index (χ0) is 19.2. The lowest BCUT2D eigenvalue weighted by Gasteiger charge is -2.66. The first-order valence-corrected chi connectivity index (χ1v) is 9.87. The van der Waals surface area contributed by atoms with E-state index in [4.69, 9.17) is 0 Å². The number of likely N-dealkylation sites (N-methyl/N-ethyl adjacent to an activating group) is 1. The average Bonchev–Trinajstić information content (AvgIpc) is 3.43. The van der Waals surface area contributed by atoms with Crippen molar-refractivity contribution in [2.45, 2.75) is 49.9 Å². The SMILES string of the molecule is C[N+]1(CC2CC2)CC[C@@]23C4=C([O-])C(=O)C=CC4=C[C@@H]1[C@]2(O)CCC(=O)C3O. The summed E-state index contributed by atoms with van der Waals surface area (Å²) in [5.41, 5.74) is -2.02. The Balaban J connectivity index is 1.77. The molecular weight excluding hydrogens is 346 g/mol. The van der Waals surface area contributed by atoms with E-state index in [-0.39, 0.29) is 30.2 Å². The van der Waals surface area contributed by atoms with Gasteiger partial charge < -0.3 is 19.8 Å². The van der Waals surface area contributed by atoms with Crippen LogP contribution in [-0.2, 0) is 9.59 Å². The third-order valence-corrected chi connectivity index (χ3v) is 7.78. The fourth-order valence-electron chi connectivity index (χ4n) is 6.28. The molecule has 27 heavy (non-hydrogen) atoms. The molecule has 1 aliphatic heterocycles. The van der Waals surface area contributed by atoms with Crippen LogP contribution in [0.15, 0.2) is 35.1 Å². The number of ketones is 2. The Hall–Kier alpha value is -1.76. The lowest BCUT2D eigenvalue weighted by Crippen LogP contribution is -2.79. The number of piperidine rings is 1. The quantitative estimate of drug-likeness (QED) is 0.653. The van der Waals surface area contributed by atoms with Gasteiger partial charge in [0.2, 0.25) is 0 Å². The first-order chi connectivity index (χ1) is 12.7. The molecular formula is C21H25NO5. The van der Waals surface area contributed by atoms with Gasteiger partial charge in [0.1, 0.15) is 17.7 Å². The number of aliphatic hydroxyl groups is 2. The number of Topliss-reactive ketones (excluding diaryl/α,β-unsaturated/α-hetero) is 1. The highest BCUT2D eigenvalue weighted by Gasteiger charge is 2.72. The second-order valence-corrected chi connectivity index (χ2v) is 9.31. The van der Waals surface area contributed by atoms with E-state index < -0.39 is 28.7 Å². The Kier molecular flexibility index (Phi) is 3.33. The molecule has 4 aliphatic carbocycles. The Morgan fingerprint density at radius 1 is 1.26 bits per heavy atom. The summed E-state index contributed by atoms with van der Waals surface area (Å²) < 4.78 is 0.649. The summed E-state index contributed by atoms with van der Waals surface area (Å²) in [5, 5.41) is 35.8. The number of hydrogen-bond donors (Lipinski definition) is 2. The first-order valence-electron chi connectivity index (χ1n) is 9.87. The van der Waals surface area contributed by atoms with Crippen LogP contribution in [0.25, 0.3) is 0 Å². The van der Waals surface area contributed by atoms with E-state index in [0.717, 1.165) is 6.54 Å². The fraction of sp³-hybridized carbons (Fsp3) is 0.619. The number of hydrogen-bond acceptors (Lipinski definition) is 5. The van der Waals surface area contributed by atoms with E-state index >= 15 is 0 Å². The number of carbonyl (C=O) groups is 2. The van der Waals surface area contributed by atoms with E-state index in [1.54, 1.807) is 6.08 Å². The highest BCUT2D eigenvalue weighted by molar-refractivity contribution is 6.05. The summed E-state index contributed by atoms with van der Waals surface area (Å²) in [7, 11) is 2.13. The molecule has 3 fully saturated rings. The molecule has 1 heterocycles. The number of likely N-dealkylation sites (tertiary alicyclic amines) is 1. The maximum Gasteiger partial charge on any atom is 0.171 e. The maximum absolute atomic E-state index is 12.8. The summed E-state index contributed by atoms with van der Waals surface area (Å²) in [6.45, 7) is 1.61. The highest BCUT2D eigenvalue weighted by Crippen LogP contribution is 2.62. The average molecular weight is 371 g/mol. The Bertz CT molecular complexity index is 853. The highest BCUT2D eigenvalue weighted by atomic mass is 16.3. The number of carbonyl (C=O) groups excluding carboxylic acids is 2. The van der Waals surface area contributed by atoms with E-state index in [1.807, 2.05) is 6.08 Å². The first kappa shape index (κ1) is 17.3. The predicted molar refractivity (Wildman–Crippen MR) is 93.9 cm³/mol. The van der Waals surface area contributed by atoms with E-state index in [9.17, 15) is 24.9 Å². The molecule has 6 nitrogen and oxygen atoms in total. The molecule has 0 radical (unpaired) electrons. The molecule has 2 bridgehead atoms. The smallest absolute Gasteiger partial charge is 0.171 e. The van der Waals surface area contributed by atoms with Crippen molar-refractivity contribution < 1.29 is 29.4 Å². The van der Waals surface area contributed by atoms with Gasteiger partial charge in [-0.3, -0.25) is 9.59 Å². The standard InChI is InChI=1S/C21H25NO5/c1-22(11-12-2-3-12)9-8-20-17-13(4-5-14(23)18(17)25)10-16(22)21(20,27)7-6-15(24)19(20)26/h4-5,10,12,16,19,26-27H,2-3,6-9,11H2,1H3/t16-,19?,20+,21-,22?/m1/s1. The molecule has 0 aromatic carbocycles. The van der Waals surface area contributed by atoms with Gasteiger partial charge in [-0.05, 0) is 42.6 Å². The molecule has 0 spiro atoms. The van der Waals surface area contributed by atoms with Crippen molar-refractivity contribution in [1.82, 2.24) is 0 Å². The molecule has 2 saturated carbocycles. The van der Waals surface area contributed by atoms with Crippen molar-refractivity contribution in [3.63, 3.8) is 0 Å². The summed E-state index contributed by atoms with van der Waals surface area (Å²) in [6.07, 6.45) is 6.39. The van der Waals surface area contributed by atoms with Crippen LogP contribution in [0.3, 0.4) is 0 Å². The number of fused-ring (bicyclic) bond motifs is 1. The van der Waals surface area contributed by atoms with Gasteiger partial charge >= 0.3 is 0 Å². The Morgan fingerprint density at radius 2 is 2.00 bits per heavy atom. The number of quaternary nitrogens is 1. The van der Waals surface area contributed by atoms with Crippen LogP contribution < -0.4 is 5.11 Å². The van der Waals surface area contributed by atoms with Crippen molar-refractivity contribution in [2.24, 2.45) is 11.3 Å². The molecule has 144 valence electrons. The largest absolute Gasteiger partial charge is 0.870 e. The van der Waals surface area contributed by atoms with Crippen LogP contribution in [0.5, 0.6) is 0 Å². The van der Waals surface area contributed by atoms with Gasteiger partial charge in [-0.1, -0.05) is 11.8 Å². The van der Waals surface area contributed by atoms with Crippen molar-refractivity contribution >= 4 is 11.6 Å². The van der Waals surface area contributed by atoms with Gasteiger partial charge in [-0.15, -0.1) is 0 Å². The van der Waals surface area contributed by atoms with Gasteiger partial charge in [-0.2, -0.15) is 0 Å². The summed E-state index contributed by atoms with van der Waals surface area (Å²) in [5.74, 6) is -1.04. The predicted octanol–water partition coefficient (Wildman–Crippen LogP) is -0.250. The Labute approximate surface area is 158 Å². The molecule has 2 unspecified atom stereocenters. The van der Waals surface area contributed by atoms with Crippen molar-refractivity contribution in [3.05, 3.63) is 35.1 Å². The molecule has 2 N–H and O–H groups in total. The number of rotatable bonds is 2. The van der Waals surface area contributed by atoms with Gasteiger partial charge in [0.15, 0.2) is 11.6 Å². The molecule has 0 amide bonds. The van der Waals surface area contributed by atoms with Gasteiger partial charge in [-0.25, -0.2) is 0 Å². The minimum absolute atomic E-state index is 0.0910. The molecule has 0 aromatic rings. The summed E-state index contributed by atoms with van der Waals surface area (Å²) in [4.78, 5) is 24.6. The van der Waals surface area contributed by atoms with E-state index in [0.29, 0.717) is 28.9 Å². The number of allylic oxidation sites excluding steroid dienone is 3. The normalized spacial score (nSPS) is 46.1. The number of nitrogens with zero attached hydrogens (tertiary/aromatic N) is 1. The minimum Gasteiger partial charge on any atom is -0.870 e. The monoisotopic (exact) mass is 371 g/mol. The van der Waals surface area contributed by atoms with Crippen LogP contribution in [0.4, 0.5) is 0 Å². The summed E-state index contributed by atoms with van der Waals surface area (Å²) in [6, 6.07) is -0.306. The second kappa shape index (κ2) is 5.19. The molecule has 5 rings (SSSR count). The van der Waals surface area contributed by atoms with Gasteiger partial charge in [0.05, 0.1) is 25.6 Å². The summed E-state index contributed by atoms with van der Waals surface area (Å²) >= 11 is 0. The van der Waals surface area contributed by atoms with Crippen LogP contribution in [0, 0.1) is 11.3 Å². The maximum atomic E-state index is 12.8. The fourth-order valence-corrected chi connectivity index (χ4v) is 6.28. The van der Waals surface area contributed by atoms with Crippen LogP contribution >= 0.6 is 0 Å². The molecule has 1 saturated heterocycles. The van der Waals surface area contributed by atoms with Crippen molar-refractivity contribution in [1.29, 1.82) is 0 Å². The lowest BCUT2D eigenvalue weighted by molar-refractivity contribution is -0.944. The van der Waals surface area contributed by atoms with Crippen molar-refractivity contribution in [3.8, 4) is 0 Å². The minimum atomic E-state index is -1.45. The van der Waals surface area contributed by atoms with Crippen molar-refractivity contribution in [2.75, 3.05) is 20.1 Å². The molecule has 5 aliphatic rings. The zero-order valence-corrected chi connectivity index (χ0v) is 15.5. The Morgan fingerprint density at radius 3 is 2.70 bits per heavy atom. The molecule has 0 aromatic heterocycles.